The Bertz CT molecular complexity index is 717. The van der Waals surface area contributed by atoms with Gasteiger partial charge in [-0.25, -0.2) is 0 Å². The van der Waals surface area contributed by atoms with Crippen molar-refractivity contribution in [2.75, 3.05) is 13.1 Å². The van der Waals surface area contributed by atoms with E-state index >= 15 is 0 Å². The zero-order valence-electron chi connectivity index (χ0n) is 13.4. The number of alkyl halides is 3. The first kappa shape index (κ1) is 17.3. The van der Waals surface area contributed by atoms with E-state index in [9.17, 15) is 18.0 Å². The number of nitrogens with zero attached hydrogens (tertiary/aromatic N) is 2. The molecular formula is C18H17F3N2O2. The summed E-state index contributed by atoms with van der Waals surface area (Å²) >= 11 is 0. The third-order valence-electron chi connectivity index (χ3n) is 4.09. The highest BCUT2D eigenvalue weighted by Crippen LogP contribution is 2.29. The average Bonchev–Trinajstić information content (AvgIpc) is 3.04. The number of rotatable bonds is 4. The molecule has 0 saturated carbocycles. The Hall–Kier alpha value is -2.57. The molecule has 2 heterocycles. The minimum Gasteiger partial charge on any atom is -0.488 e. The van der Waals surface area contributed by atoms with Crippen molar-refractivity contribution in [2.24, 2.45) is 0 Å². The summed E-state index contributed by atoms with van der Waals surface area (Å²) < 4.78 is 43.5. The molecule has 1 atom stereocenters. The second-order valence-electron chi connectivity index (χ2n) is 5.92. The molecule has 132 valence electrons. The molecule has 0 spiro atoms. The Morgan fingerprint density at radius 3 is 2.48 bits per heavy atom. The summed E-state index contributed by atoms with van der Waals surface area (Å²) in [7, 11) is 0. The topological polar surface area (TPSA) is 42.4 Å². The molecule has 7 heteroatoms. The lowest BCUT2D eigenvalue weighted by molar-refractivity contribution is -0.137. The molecular weight excluding hydrogens is 333 g/mol. The number of amides is 1. The summed E-state index contributed by atoms with van der Waals surface area (Å²) in [6.45, 7) is 1.05. The van der Waals surface area contributed by atoms with Crippen LogP contribution in [0, 0.1) is 0 Å². The SMILES string of the molecule is O=C(Cc1ccc(C(F)(F)F)cc1)N1CCC(Oc2ccncc2)C1. The number of likely N-dealkylation sites (tertiary alicyclic amines) is 1. The van der Waals surface area contributed by atoms with Crippen LogP contribution < -0.4 is 4.74 Å². The Morgan fingerprint density at radius 1 is 1.16 bits per heavy atom. The molecule has 3 rings (SSSR count). The highest BCUT2D eigenvalue weighted by atomic mass is 19.4. The second kappa shape index (κ2) is 7.13. The van der Waals surface area contributed by atoms with E-state index in [-0.39, 0.29) is 18.4 Å². The number of hydrogen-bond donors (Lipinski definition) is 0. The van der Waals surface area contributed by atoms with Crippen LogP contribution in [-0.4, -0.2) is 35.0 Å². The van der Waals surface area contributed by atoms with Crippen molar-refractivity contribution in [3.05, 3.63) is 59.9 Å². The molecule has 0 aliphatic carbocycles. The number of carbonyl (C=O) groups is 1. The van der Waals surface area contributed by atoms with Crippen molar-refractivity contribution < 1.29 is 22.7 Å². The number of hydrogen-bond acceptors (Lipinski definition) is 3. The zero-order chi connectivity index (χ0) is 17.9. The molecule has 0 bridgehead atoms. The number of benzene rings is 1. The van der Waals surface area contributed by atoms with Crippen LogP contribution in [0.25, 0.3) is 0 Å². The van der Waals surface area contributed by atoms with Crippen LogP contribution in [0.1, 0.15) is 17.5 Å². The van der Waals surface area contributed by atoms with Gasteiger partial charge in [-0.05, 0) is 29.8 Å². The lowest BCUT2D eigenvalue weighted by atomic mass is 10.1. The van der Waals surface area contributed by atoms with Crippen LogP contribution in [0.3, 0.4) is 0 Å². The molecule has 1 fully saturated rings. The molecule has 1 aromatic heterocycles. The van der Waals surface area contributed by atoms with Gasteiger partial charge in [-0.3, -0.25) is 9.78 Å². The van der Waals surface area contributed by atoms with E-state index in [1.165, 1.54) is 12.1 Å². The Labute approximate surface area is 143 Å². The normalized spacial score (nSPS) is 17.6. The smallest absolute Gasteiger partial charge is 0.416 e. The van der Waals surface area contributed by atoms with E-state index in [1.54, 1.807) is 29.4 Å². The van der Waals surface area contributed by atoms with Crippen LogP contribution in [0.5, 0.6) is 5.75 Å². The quantitative estimate of drug-likeness (QED) is 0.850. The van der Waals surface area contributed by atoms with E-state index in [2.05, 4.69) is 4.98 Å². The van der Waals surface area contributed by atoms with Crippen molar-refractivity contribution in [1.82, 2.24) is 9.88 Å². The van der Waals surface area contributed by atoms with Crippen LogP contribution in [0.4, 0.5) is 13.2 Å². The molecule has 1 aromatic carbocycles. The molecule has 1 unspecified atom stereocenters. The standard InChI is InChI=1S/C18H17F3N2O2/c19-18(20,21)14-3-1-13(2-4-14)11-17(24)23-10-7-16(12-23)25-15-5-8-22-9-6-15/h1-6,8-9,16H,7,10-12H2. The fourth-order valence-corrected chi connectivity index (χ4v) is 2.76. The average molecular weight is 350 g/mol. The van der Waals surface area contributed by atoms with Crippen molar-refractivity contribution in [2.45, 2.75) is 25.1 Å². The lowest BCUT2D eigenvalue weighted by Crippen LogP contribution is -2.32. The fraction of sp³-hybridized carbons (Fsp3) is 0.333. The van der Waals surface area contributed by atoms with Gasteiger partial charge in [0.2, 0.25) is 5.91 Å². The van der Waals surface area contributed by atoms with Gasteiger partial charge in [0.1, 0.15) is 11.9 Å². The van der Waals surface area contributed by atoms with E-state index in [4.69, 9.17) is 4.74 Å². The van der Waals surface area contributed by atoms with Crippen LogP contribution in [-0.2, 0) is 17.4 Å². The largest absolute Gasteiger partial charge is 0.488 e. The molecule has 25 heavy (non-hydrogen) atoms. The van der Waals surface area contributed by atoms with Gasteiger partial charge in [-0.15, -0.1) is 0 Å². The van der Waals surface area contributed by atoms with Gasteiger partial charge < -0.3 is 9.64 Å². The maximum absolute atomic E-state index is 12.6. The zero-order valence-corrected chi connectivity index (χ0v) is 13.4. The molecule has 1 aliphatic heterocycles. The van der Waals surface area contributed by atoms with Crippen molar-refractivity contribution in [3.63, 3.8) is 0 Å². The van der Waals surface area contributed by atoms with Gasteiger partial charge >= 0.3 is 6.18 Å². The molecule has 0 N–H and O–H groups in total. The Balaban J connectivity index is 1.54. The molecule has 2 aromatic rings. The third-order valence-corrected chi connectivity index (χ3v) is 4.09. The number of ether oxygens (including phenoxy) is 1. The first-order valence-corrected chi connectivity index (χ1v) is 7.92. The van der Waals surface area contributed by atoms with Gasteiger partial charge in [0, 0.05) is 25.4 Å². The minimum atomic E-state index is -4.37. The van der Waals surface area contributed by atoms with E-state index in [1.807, 2.05) is 0 Å². The predicted octanol–water partition coefficient (Wildman–Crippen LogP) is 3.32. The Morgan fingerprint density at radius 2 is 1.84 bits per heavy atom. The predicted molar refractivity (Wildman–Crippen MR) is 85.0 cm³/mol. The monoisotopic (exact) mass is 350 g/mol. The van der Waals surface area contributed by atoms with Gasteiger partial charge in [-0.1, -0.05) is 12.1 Å². The number of aromatic nitrogens is 1. The lowest BCUT2D eigenvalue weighted by Gasteiger charge is -2.17. The minimum absolute atomic E-state index is 0.0834. The van der Waals surface area contributed by atoms with Gasteiger partial charge in [0.25, 0.3) is 0 Å². The van der Waals surface area contributed by atoms with Gasteiger partial charge in [-0.2, -0.15) is 13.2 Å². The first-order chi connectivity index (χ1) is 11.9. The molecule has 0 radical (unpaired) electrons. The second-order valence-corrected chi connectivity index (χ2v) is 5.92. The first-order valence-electron chi connectivity index (χ1n) is 7.92. The number of carbonyl (C=O) groups excluding carboxylic acids is 1. The van der Waals surface area contributed by atoms with E-state index in [0.717, 1.165) is 18.6 Å². The molecule has 1 saturated heterocycles. The van der Waals surface area contributed by atoms with Crippen molar-refractivity contribution >= 4 is 5.91 Å². The summed E-state index contributed by atoms with van der Waals surface area (Å²) in [6, 6.07) is 8.22. The maximum atomic E-state index is 12.6. The van der Waals surface area contributed by atoms with Crippen LogP contribution >= 0.6 is 0 Å². The molecule has 1 amide bonds. The van der Waals surface area contributed by atoms with E-state index < -0.39 is 11.7 Å². The highest BCUT2D eigenvalue weighted by molar-refractivity contribution is 5.79. The summed E-state index contributed by atoms with van der Waals surface area (Å²) in [6.07, 6.45) is -0.370. The summed E-state index contributed by atoms with van der Waals surface area (Å²) in [5.41, 5.74) is -0.146. The van der Waals surface area contributed by atoms with Crippen LogP contribution in [0.2, 0.25) is 0 Å². The fourth-order valence-electron chi connectivity index (χ4n) is 2.76. The maximum Gasteiger partial charge on any atom is 0.416 e. The number of halogens is 3. The van der Waals surface area contributed by atoms with Gasteiger partial charge in [0.15, 0.2) is 0 Å². The number of pyridine rings is 1. The van der Waals surface area contributed by atoms with E-state index in [0.29, 0.717) is 24.4 Å². The third kappa shape index (κ3) is 4.49. The summed E-state index contributed by atoms with van der Waals surface area (Å²) in [5, 5.41) is 0. The highest BCUT2D eigenvalue weighted by Gasteiger charge is 2.30. The van der Waals surface area contributed by atoms with Gasteiger partial charge in [0.05, 0.1) is 18.5 Å². The molecule has 4 nitrogen and oxygen atoms in total. The van der Waals surface area contributed by atoms with Crippen LogP contribution in [0.15, 0.2) is 48.8 Å². The summed E-state index contributed by atoms with van der Waals surface area (Å²) in [4.78, 5) is 17.9. The van der Waals surface area contributed by atoms with Crippen molar-refractivity contribution in [3.8, 4) is 5.75 Å². The summed E-state index contributed by atoms with van der Waals surface area (Å²) in [5.74, 6) is 0.595. The Kier molecular flexibility index (Phi) is 4.92. The van der Waals surface area contributed by atoms with Crippen molar-refractivity contribution in [1.29, 1.82) is 0 Å². The molecule has 1 aliphatic rings.